The minimum absolute atomic E-state index is 0.0789. The van der Waals surface area contributed by atoms with Crippen molar-refractivity contribution < 1.29 is 19.5 Å². The van der Waals surface area contributed by atoms with Crippen LogP contribution < -0.4 is 5.32 Å². The van der Waals surface area contributed by atoms with E-state index in [1.165, 1.54) is 4.90 Å². The van der Waals surface area contributed by atoms with Gasteiger partial charge in [0, 0.05) is 26.7 Å². The quantitative estimate of drug-likeness (QED) is 0.766. The third-order valence-corrected chi connectivity index (χ3v) is 4.29. The lowest BCUT2D eigenvalue weighted by atomic mass is 9.89. The molecule has 7 heteroatoms. The summed E-state index contributed by atoms with van der Waals surface area (Å²) in [5.41, 5.74) is -0.584. The van der Waals surface area contributed by atoms with E-state index in [4.69, 9.17) is 5.11 Å². The summed E-state index contributed by atoms with van der Waals surface area (Å²) in [6, 6.07) is -0.267. The monoisotopic (exact) mass is 297 g/mol. The number of aliphatic carboxylic acids is 1. The van der Waals surface area contributed by atoms with Crippen molar-refractivity contribution in [1.82, 2.24) is 15.1 Å². The van der Waals surface area contributed by atoms with Gasteiger partial charge in [-0.25, -0.2) is 4.79 Å². The molecule has 0 aromatic heterocycles. The molecule has 118 valence electrons. The lowest BCUT2D eigenvalue weighted by Crippen LogP contribution is -2.47. The molecule has 2 fully saturated rings. The molecule has 1 saturated heterocycles. The summed E-state index contributed by atoms with van der Waals surface area (Å²) in [5.74, 6) is -0.650. The van der Waals surface area contributed by atoms with Crippen molar-refractivity contribution in [3.05, 3.63) is 0 Å². The highest BCUT2D eigenvalue weighted by Crippen LogP contribution is 2.33. The number of carboxylic acids is 1. The molecule has 0 aromatic rings. The van der Waals surface area contributed by atoms with E-state index >= 15 is 0 Å². The Kier molecular flexibility index (Phi) is 4.39. The Morgan fingerprint density at radius 1 is 1.38 bits per heavy atom. The second kappa shape index (κ2) is 5.91. The second-order valence-electron chi connectivity index (χ2n) is 6.31. The summed E-state index contributed by atoms with van der Waals surface area (Å²) in [7, 11) is 1.59. The van der Waals surface area contributed by atoms with Crippen LogP contribution in [0.4, 0.5) is 4.79 Å². The van der Waals surface area contributed by atoms with Gasteiger partial charge in [-0.3, -0.25) is 9.59 Å². The molecule has 1 aliphatic carbocycles. The number of hydrogen-bond acceptors (Lipinski definition) is 3. The summed E-state index contributed by atoms with van der Waals surface area (Å²) in [4.78, 5) is 38.3. The van der Waals surface area contributed by atoms with Crippen LogP contribution in [-0.2, 0) is 9.59 Å². The molecular weight excluding hydrogens is 274 g/mol. The van der Waals surface area contributed by atoms with Gasteiger partial charge in [0.1, 0.15) is 6.54 Å². The van der Waals surface area contributed by atoms with Crippen LogP contribution in [0.25, 0.3) is 0 Å². The Morgan fingerprint density at radius 3 is 2.57 bits per heavy atom. The van der Waals surface area contributed by atoms with Crippen LogP contribution >= 0.6 is 0 Å². The molecule has 21 heavy (non-hydrogen) atoms. The zero-order valence-corrected chi connectivity index (χ0v) is 12.6. The molecule has 1 atom stereocenters. The number of urea groups is 1. The first kappa shape index (κ1) is 15.6. The van der Waals surface area contributed by atoms with E-state index < -0.39 is 11.4 Å². The fraction of sp³-hybridized carbons (Fsp3) is 0.786. The topological polar surface area (TPSA) is 90.0 Å². The highest BCUT2D eigenvalue weighted by atomic mass is 16.4. The molecule has 1 heterocycles. The lowest BCUT2D eigenvalue weighted by Gasteiger charge is -2.28. The van der Waals surface area contributed by atoms with Crippen LogP contribution in [0, 0.1) is 11.3 Å². The number of nitrogens with one attached hydrogen (secondary N) is 1. The number of amides is 3. The molecule has 0 bridgehead atoms. The Hall–Kier alpha value is -1.79. The number of likely N-dealkylation sites (tertiary alicyclic amines) is 1. The van der Waals surface area contributed by atoms with Gasteiger partial charge in [-0.1, -0.05) is 0 Å². The van der Waals surface area contributed by atoms with Crippen LogP contribution in [0.3, 0.4) is 0 Å². The molecule has 2 rings (SSSR count). The van der Waals surface area contributed by atoms with Crippen LogP contribution in [0.15, 0.2) is 0 Å². The highest BCUT2D eigenvalue weighted by Gasteiger charge is 2.43. The molecule has 0 spiro atoms. The van der Waals surface area contributed by atoms with E-state index in [1.54, 1.807) is 11.9 Å². The summed E-state index contributed by atoms with van der Waals surface area (Å²) in [6.07, 6.45) is 2.71. The molecule has 0 radical (unpaired) electrons. The standard InChI is InChI=1S/C14H23N3O4/c1-14(12(20)15-2)5-6-16(9-14)13(21)17(8-11(18)19)7-10-3-4-10/h10H,3-9H2,1-2H3,(H,15,20)(H,18,19). The molecule has 3 amide bonds. The van der Waals surface area contributed by atoms with Crippen LogP contribution in [-0.4, -0.2) is 66.0 Å². The Labute approximate surface area is 124 Å². The number of carbonyl (C=O) groups is 3. The van der Waals surface area contributed by atoms with Crippen LogP contribution in [0.5, 0.6) is 0 Å². The van der Waals surface area contributed by atoms with Gasteiger partial charge < -0.3 is 20.2 Å². The third-order valence-electron chi connectivity index (χ3n) is 4.29. The Morgan fingerprint density at radius 2 is 2.05 bits per heavy atom. The van der Waals surface area contributed by atoms with Crippen LogP contribution in [0.2, 0.25) is 0 Å². The van der Waals surface area contributed by atoms with Crippen molar-refractivity contribution in [2.24, 2.45) is 11.3 Å². The van der Waals surface area contributed by atoms with Gasteiger partial charge in [0.15, 0.2) is 0 Å². The first-order valence-electron chi connectivity index (χ1n) is 7.33. The molecule has 7 nitrogen and oxygen atoms in total. The van der Waals surface area contributed by atoms with E-state index in [9.17, 15) is 14.4 Å². The first-order chi connectivity index (χ1) is 9.85. The van der Waals surface area contributed by atoms with E-state index in [0.29, 0.717) is 32.0 Å². The zero-order valence-electron chi connectivity index (χ0n) is 12.6. The molecule has 1 saturated carbocycles. The second-order valence-corrected chi connectivity index (χ2v) is 6.31. The molecule has 1 aliphatic heterocycles. The first-order valence-corrected chi connectivity index (χ1v) is 7.33. The van der Waals surface area contributed by atoms with E-state index in [1.807, 2.05) is 6.92 Å². The number of nitrogens with zero attached hydrogens (tertiary/aromatic N) is 2. The summed E-state index contributed by atoms with van der Waals surface area (Å²) in [5, 5.41) is 11.6. The van der Waals surface area contributed by atoms with Gasteiger partial charge in [0.2, 0.25) is 5.91 Å². The number of carboxylic acid groups (broad SMARTS) is 1. The van der Waals surface area contributed by atoms with Crippen LogP contribution in [0.1, 0.15) is 26.2 Å². The SMILES string of the molecule is CNC(=O)C1(C)CCN(C(=O)N(CC(=O)O)CC2CC2)C1. The lowest BCUT2D eigenvalue weighted by molar-refractivity contribution is -0.138. The number of rotatable bonds is 5. The van der Waals surface area contributed by atoms with Crippen molar-refractivity contribution in [2.75, 3.05) is 33.2 Å². The molecule has 0 aromatic carbocycles. The number of hydrogen-bond donors (Lipinski definition) is 2. The smallest absolute Gasteiger partial charge is 0.323 e. The fourth-order valence-corrected chi connectivity index (χ4v) is 2.80. The third kappa shape index (κ3) is 3.65. The average Bonchev–Trinajstić information content (AvgIpc) is 3.16. The predicted molar refractivity (Wildman–Crippen MR) is 75.7 cm³/mol. The van der Waals surface area contributed by atoms with Crippen molar-refractivity contribution in [3.63, 3.8) is 0 Å². The van der Waals surface area contributed by atoms with Gasteiger partial charge in [-0.05, 0) is 32.1 Å². The van der Waals surface area contributed by atoms with Gasteiger partial charge in [0.05, 0.1) is 5.41 Å². The van der Waals surface area contributed by atoms with Gasteiger partial charge >= 0.3 is 12.0 Å². The maximum absolute atomic E-state index is 12.5. The Balaban J connectivity index is 2.00. The maximum Gasteiger partial charge on any atom is 0.323 e. The molecular formula is C14H23N3O4. The summed E-state index contributed by atoms with van der Waals surface area (Å²) >= 11 is 0. The highest BCUT2D eigenvalue weighted by molar-refractivity contribution is 5.85. The normalized spacial score (nSPS) is 24.8. The van der Waals surface area contributed by atoms with Gasteiger partial charge in [-0.15, -0.1) is 0 Å². The molecule has 2 N–H and O–H groups in total. The van der Waals surface area contributed by atoms with E-state index in [2.05, 4.69) is 5.32 Å². The minimum Gasteiger partial charge on any atom is -0.480 e. The van der Waals surface area contributed by atoms with Gasteiger partial charge in [-0.2, -0.15) is 0 Å². The fourth-order valence-electron chi connectivity index (χ4n) is 2.80. The van der Waals surface area contributed by atoms with E-state index in [-0.39, 0.29) is 18.5 Å². The summed E-state index contributed by atoms with van der Waals surface area (Å²) in [6.45, 7) is 2.89. The van der Waals surface area contributed by atoms with Gasteiger partial charge in [0.25, 0.3) is 0 Å². The van der Waals surface area contributed by atoms with Crippen molar-refractivity contribution in [2.45, 2.75) is 26.2 Å². The largest absolute Gasteiger partial charge is 0.480 e. The van der Waals surface area contributed by atoms with Crippen molar-refractivity contribution in [3.8, 4) is 0 Å². The summed E-state index contributed by atoms with van der Waals surface area (Å²) < 4.78 is 0. The Bertz CT molecular complexity index is 450. The minimum atomic E-state index is -1.00. The maximum atomic E-state index is 12.5. The molecule has 2 aliphatic rings. The predicted octanol–water partition coefficient (Wildman–Crippen LogP) is 0.361. The van der Waals surface area contributed by atoms with Crippen molar-refractivity contribution >= 4 is 17.9 Å². The van der Waals surface area contributed by atoms with E-state index in [0.717, 1.165) is 12.8 Å². The molecule has 1 unspecified atom stereocenters. The van der Waals surface area contributed by atoms with Crippen molar-refractivity contribution in [1.29, 1.82) is 0 Å². The zero-order chi connectivity index (χ0) is 15.6. The average molecular weight is 297 g/mol. The number of carbonyl (C=O) groups excluding carboxylic acids is 2.